The molecular formula is C14H16ClN3O2. The highest BCUT2D eigenvalue weighted by Gasteiger charge is 2.32. The molecule has 1 atom stereocenters. The van der Waals surface area contributed by atoms with Crippen LogP contribution in [0.3, 0.4) is 0 Å². The summed E-state index contributed by atoms with van der Waals surface area (Å²) in [7, 11) is 0. The highest BCUT2D eigenvalue weighted by molar-refractivity contribution is 6.33. The largest absolute Gasteiger partial charge is 0.389 e. The zero-order valence-electron chi connectivity index (χ0n) is 11.2. The number of aromatic nitrogens is 2. The summed E-state index contributed by atoms with van der Waals surface area (Å²) in [5.41, 5.74) is 0.142. The molecule has 2 aromatic rings. The minimum absolute atomic E-state index is 0.497. The summed E-state index contributed by atoms with van der Waals surface area (Å²) in [4.78, 5) is 6.47. The third-order valence-corrected chi connectivity index (χ3v) is 3.80. The number of hydrogen-bond acceptors (Lipinski definition) is 5. The molecule has 0 aliphatic carbocycles. The number of halogens is 1. The van der Waals surface area contributed by atoms with Crippen LogP contribution in [0.2, 0.25) is 5.02 Å². The quantitative estimate of drug-likeness (QED) is 0.941. The second-order valence-corrected chi connectivity index (χ2v) is 5.86. The van der Waals surface area contributed by atoms with Gasteiger partial charge in [-0.2, -0.15) is 4.98 Å². The van der Waals surface area contributed by atoms with Gasteiger partial charge in [0.1, 0.15) is 0 Å². The highest BCUT2D eigenvalue weighted by atomic mass is 35.5. The summed E-state index contributed by atoms with van der Waals surface area (Å²) in [5.74, 6) is 1.04. The van der Waals surface area contributed by atoms with E-state index in [1.165, 1.54) is 0 Å². The standard InChI is InChI=1S/C14H16ClN3O2/c1-14(19)6-7-18(9-14)8-12-16-13(17-20-12)10-4-2-3-5-11(10)15/h2-5,19H,6-9H2,1H3. The van der Waals surface area contributed by atoms with Gasteiger partial charge in [0.25, 0.3) is 0 Å². The van der Waals surface area contributed by atoms with E-state index in [0.717, 1.165) is 18.5 Å². The Bertz CT molecular complexity index is 612. The molecule has 1 aromatic carbocycles. The molecule has 0 radical (unpaired) electrons. The molecule has 1 aliphatic heterocycles. The Balaban J connectivity index is 1.73. The molecule has 106 valence electrons. The second kappa shape index (κ2) is 5.16. The molecule has 20 heavy (non-hydrogen) atoms. The lowest BCUT2D eigenvalue weighted by Crippen LogP contribution is -2.29. The number of rotatable bonds is 3. The average Bonchev–Trinajstić information content (AvgIpc) is 2.97. The smallest absolute Gasteiger partial charge is 0.241 e. The predicted octanol–water partition coefficient (Wildman–Crippen LogP) is 2.35. The molecule has 0 saturated carbocycles. The Kier molecular flexibility index (Phi) is 3.50. The van der Waals surface area contributed by atoms with E-state index in [0.29, 0.717) is 29.8 Å². The topological polar surface area (TPSA) is 62.4 Å². The Morgan fingerprint density at radius 1 is 1.45 bits per heavy atom. The Morgan fingerprint density at radius 2 is 2.25 bits per heavy atom. The minimum Gasteiger partial charge on any atom is -0.389 e. The van der Waals surface area contributed by atoms with E-state index in [1.807, 2.05) is 25.1 Å². The number of benzene rings is 1. The zero-order chi connectivity index (χ0) is 14.2. The first kappa shape index (κ1) is 13.5. The van der Waals surface area contributed by atoms with Crippen molar-refractivity contribution in [3.05, 3.63) is 35.2 Å². The van der Waals surface area contributed by atoms with E-state index in [2.05, 4.69) is 15.0 Å². The molecule has 1 aliphatic rings. The van der Waals surface area contributed by atoms with Crippen molar-refractivity contribution in [2.24, 2.45) is 0 Å². The van der Waals surface area contributed by atoms with Crippen molar-refractivity contribution in [3.8, 4) is 11.4 Å². The van der Waals surface area contributed by atoms with Gasteiger partial charge < -0.3 is 9.63 Å². The van der Waals surface area contributed by atoms with Crippen LogP contribution in [0.15, 0.2) is 28.8 Å². The van der Waals surface area contributed by atoms with Gasteiger partial charge in [0, 0.05) is 18.7 Å². The van der Waals surface area contributed by atoms with Crippen molar-refractivity contribution in [2.75, 3.05) is 13.1 Å². The van der Waals surface area contributed by atoms with Crippen molar-refractivity contribution in [3.63, 3.8) is 0 Å². The first-order chi connectivity index (χ1) is 9.53. The second-order valence-electron chi connectivity index (χ2n) is 5.45. The lowest BCUT2D eigenvalue weighted by Gasteiger charge is -2.16. The summed E-state index contributed by atoms with van der Waals surface area (Å²) in [6.45, 7) is 3.84. The van der Waals surface area contributed by atoms with E-state index in [1.54, 1.807) is 6.07 Å². The first-order valence-electron chi connectivity index (χ1n) is 6.56. The first-order valence-corrected chi connectivity index (χ1v) is 6.93. The maximum absolute atomic E-state index is 9.94. The monoisotopic (exact) mass is 293 g/mol. The molecule has 1 aromatic heterocycles. The zero-order valence-corrected chi connectivity index (χ0v) is 12.0. The minimum atomic E-state index is -0.619. The van der Waals surface area contributed by atoms with Gasteiger partial charge in [0.2, 0.25) is 11.7 Å². The lowest BCUT2D eigenvalue weighted by molar-refractivity contribution is 0.0665. The molecular weight excluding hydrogens is 278 g/mol. The maximum atomic E-state index is 9.94. The highest BCUT2D eigenvalue weighted by Crippen LogP contribution is 2.26. The summed E-state index contributed by atoms with van der Waals surface area (Å²) in [6.07, 6.45) is 0.762. The lowest BCUT2D eigenvalue weighted by atomic mass is 10.1. The van der Waals surface area contributed by atoms with E-state index in [4.69, 9.17) is 16.1 Å². The fourth-order valence-corrected chi connectivity index (χ4v) is 2.66. The summed E-state index contributed by atoms with van der Waals surface area (Å²) < 4.78 is 5.26. The van der Waals surface area contributed by atoms with Crippen LogP contribution in [-0.4, -0.2) is 38.8 Å². The third kappa shape index (κ3) is 2.85. The molecule has 5 nitrogen and oxygen atoms in total. The van der Waals surface area contributed by atoms with Crippen LogP contribution in [0, 0.1) is 0 Å². The molecule has 0 amide bonds. The number of aliphatic hydroxyl groups is 1. The van der Waals surface area contributed by atoms with Gasteiger partial charge in [-0.1, -0.05) is 28.9 Å². The molecule has 0 spiro atoms. The van der Waals surface area contributed by atoms with Crippen LogP contribution >= 0.6 is 11.6 Å². The molecule has 1 unspecified atom stereocenters. The Morgan fingerprint density at radius 3 is 2.95 bits per heavy atom. The predicted molar refractivity (Wildman–Crippen MR) is 75.3 cm³/mol. The average molecular weight is 294 g/mol. The van der Waals surface area contributed by atoms with Crippen LogP contribution in [0.5, 0.6) is 0 Å². The fourth-order valence-electron chi connectivity index (χ4n) is 2.44. The van der Waals surface area contributed by atoms with Crippen LogP contribution < -0.4 is 0 Å². The maximum Gasteiger partial charge on any atom is 0.241 e. The molecule has 6 heteroatoms. The van der Waals surface area contributed by atoms with Gasteiger partial charge in [-0.05, 0) is 25.5 Å². The molecule has 1 fully saturated rings. The molecule has 0 bridgehead atoms. The van der Waals surface area contributed by atoms with Crippen molar-refractivity contribution in [1.29, 1.82) is 0 Å². The van der Waals surface area contributed by atoms with Gasteiger partial charge in [-0.3, -0.25) is 4.90 Å². The molecule has 2 heterocycles. The molecule has 1 N–H and O–H groups in total. The summed E-state index contributed by atoms with van der Waals surface area (Å²) in [6, 6.07) is 7.40. The summed E-state index contributed by atoms with van der Waals surface area (Å²) in [5, 5.41) is 14.5. The summed E-state index contributed by atoms with van der Waals surface area (Å²) >= 11 is 6.11. The normalized spacial score (nSPS) is 23.4. The van der Waals surface area contributed by atoms with Gasteiger partial charge in [0.05, 0.1) is 17.2 Å². The number of β-amino-alcohol motifs (C(OH)–C–C–N with tert-alkyl or cyclic N) is 1. The molecule has 3 rings (SSSR count). The Labute approximate surface area is 122 Å². The van der Waals surface area contributed by atoms with Gasteiger partial charge in [-0.15, -0.1) is 0 Å². The van der Waals surface area contributed by atoms with E-state index in [9.17, 15) is 5.11 Å². The Hall–Kier alpha value is -1.43. The van der Waals surface area contributed by atoms with Crippen molar-refractivity contribution in [1.82, 2.24) is 15.0 Å². The van der Waals surface area contributed by atoms with Crippen LogP contribution in [0.4, 0.5) is 0 Å². The number of hydrogen-bond donors (Lipinski definition) is 1. The number of likely N-dealkylation sites (tertiary alicyclic amines) is 1. The van der Waals surface area contributed by atoms with Crippen molar-refractivity contribution in [2.45, 2.75) is 25.5 Å². The van der Waals surface area contributed by atoms with Gasteiger partial charge in [-0.25, -0.2) is 0 Å². The van der Waals surface area contributed by atoms with Gasteiger partial charge >= 0.3 is 0 Å². The third-order valence-electron chi connectivity index (χ3n) is 3.47. The fraction of sp³-hybridized carbons (Fsp3) is 0.429. The van der Waals surface area contributed by atoms with E-state index >= 15 is 0 Å². The van der Waals surface area contributed by atoms with E-state index in [-0.39, 0.29) is 0 Å². The van der Waals surface area contributed by atoms with E-state index < -0.39 is 5.60 Å². The SMILES string of the molecule is CC1(O)CCN(Cc2nc(-c3ccccc3Cl)no2)C1. The number of nitrogens with zero attached hydrogens (tertiary/aromatic N) is 3. The van der Waals surface area contributed by atoms with Crippen molar-refractivity contribution < 1.29 is 9.63 Å². The van der Waals surface area contributed by atoms with Gasteiger partial charge in [0.15, 0.2) is 0 Å². The van der Waals surface area contributed by atoms with Crippen LogP contribution in [0.1, 0.15) is 19.2 Å². The van der Waals surface area contributed by atoms with Crippen molar-refractivity contribution >= 4 is 11.6 Å². The van der Waals surface area contributed by atoms with Crippen LogP contribution in [-0.2, 0) is 6.54 Å². The molecule has 1 saturated heterocycles. The van der Waals surface area contributed by atoms with Crippen LogP contribution in [0.25, 0.3) is 11.4 Å².